The maximum Gasteiger partial charge on any atom is 0.240 e. The molecule has 0 bridgehead atoms. The molecule has 5 nitrogen and oxygen atoms in total. The molecule has 7 heteroatoms. The van der Waals surface area contributed by atoms with Crippen molar-refractivity contribution in [1.82, 2.24) is 9.62 Å². The second-order valence-corrected chi connectivity index (χ2v) is 6.74. The zero-order valence-electron chi connectivity index (χ0n) is 10.4. The predicted octanol–water partition coefficient (Wildman–Crippen LogP) is 1.19. The van der Waals surface area contributed by atoms with Crippen LogP contribution in [-0.4, -0.2) is 39.5 Å². The lowest BCUT2D eigenvalue weighted by atomic mass is 10.2. The van der Waals surface area contributed by atoms with Gasteiger partial charge in [0, 0.05) is 12.6 Å². The van der Waals surface area contributed by atoms with Crippen molar-refractivity contribution >= 4 is 21.6 Å². The fraction of sp³-hybridized carbons (Fsp3) is 0.417. The second kappa shape index (κ2) is 5.47. The van der Waals surface area contributed by atoms with Crippen LogP contribution >= 0.6 is 11.6 Å². The molecule has 1 unspecified atom stereocenters. The Kier molecular flexibility index (Phi) is 4.11. The van der Waals surface area contributed by atoms with Gasteiger partial charge in [-0.1, -0.05) is 11.6 Å². The van der Waals surface area contributed by atoms with Gasteiger partial charge in [-0.15, -0.1) is 0 Å². The van der Waals surface area contributed by atoms with Crippen LogP contribution in [0.1, 0.15) is 12.0 Å². The molecule has 0 amide bonds. The highest BCUT2D eigenvalue weighted by molar-refractivity contribution is 7.89. The molecule has 19 heavy (non-hydrogen) atoms. The fourth-order valence-corrected chi connectivity index (χ4v) is 3.65. The van der Waals surface area contributed by atoms with Gasteiger partial charge in [-0.3, -0.25) is 0 Å². The topological polar surface area (TPSA) is 73.2 Å². The van der Waals surface area contributed by atoms with Gasteiger partial charge in [-0.2, -0.15) is 5.26 Å². The minimum Gasteiger partial charge on any atom is -0.305 e. The number of likely N-dealkylation sites (N-methyl/N-ethyl adjacent to an activating group) is 1. The number of nitrogens with zero attached hydrogens (tertiary/aromatic N) is 2. The number of likely N-dealkylation sites (tertiary alicyclic amines) is 1. The first kappa shape index (κ1) is 14.3. The number of halogens is 1. The standard InChI is InChI=1S/C12H14ClN3O2S/c1-16-5-4-10(8-16)15-19(17,18)11-3-2-9(7-14)12(13)6-11/h2-3,6,10,15H,4-5,8H2,1H3. The largest absolute Gasteiger partial charge is 0.305 e. The fourth-order valence-electron chi connectivity index (χ4n) is 2.07. The third kappa shape index (κ3) is 3.25. The van der Waals surface area contributed by atoms with Crippen molar-refractivity contribution < 1.29 is 8.42 Å². The molecular weight excluding hydrogens is 286 g/mol. The summed E-state index contributed by atoms with van der Waals surface area (Å²) in [6, 6.07) is 5.94. The van der Waals surface area contributed by atoms with Crippen molar-refractivity contribution in [2.75, 3.05) is 20.1 Å². The zero-order valence-corrected chi connectivity index (χ0v) is 12.0. The summed E-state index contributed by atoms with van der Waals surface area (Å²) in [7, 11) is -1.63. The van der Waals surface area contributed by atoms with Gasteiger partial charge in [0.25, 0.3) is 0 Å². The molecular formula is C12H14ClN3O2S. The van der Waals surface area contributed by atoms with Crippen LogP contribution < -0.4 is 4.72 Å². The lowest BCUT2D eigenvalue weighted by molar-refractivity contribution is 0.407. The van der Waals surface area contributed by atoms with Crippen molar-refractivity contribution in [2.24, 2.45) is 0 Å². The molecule has 1 aliphatic rings. The summed E-state index contributed by atoms with van der Waals surface area (Å²) in [6.07, 6.45) is 0.791. The number of sulfonamides is 1. The lowest BCUT2D eigenvalue weighted by Gasteiger charge is -2.13. The van der Waals surface area contributed by atoms with Crippen molar-refractivity contribution in [3.05, 3.63) is 28.8 Å². The number of nitrogens with one attached hydrogen (secondary N) is 1. The normalized spacial score (nSPS) is 20.4. The molecule has 1 atom stereocenters. The molecule has 102 valence electrons. The molecule has 0 radical (unpaired) electrons. The van der Waals surface area contributed by atoms with E-state index in [0.29, 0.717) is 6.54 Å². The Morgan fingerprint density at radius 1 is 1.53 bits per heavy atom. The maximum atomic E-state index is 12.2. The molecule has 1 fully saturated rings. The molecule has 1 N–H and O–H groups in total. The van der Waals surface area contributed by atoms with Crippen LogP contribution in [0.25, 0.3) is 0 Å². The Morgan fingerprint density at radius 3 is 2.79 bits per heavy atom. The highest BCUT2D eigenvalue weighted by Crippen LogP contribution is 2.21. The number of nitriles is 1. The van der Waals surface area contributed by atoms with Crippen molar-refractivity contribution in [3.8, 4) is 6.07 Å². The van der Waals surface area contributed by atoms with Crippen LogP contribution in [0.4, 0.5) is 0 Å². The van der Waals surface area contributed by atoms with E-state index in [1.54, 1.807) is 0 Å². The zero-order chi connectivity index (χ0) is 14.0. The first-order chi connectivity index (χ1) is 8.92. The summed E-state index contributed by atoms with van der Waals surface area (Å²) in [5.41, 5.74) is 0.265. The summed E-state index contributed by atoms with van der Waals surface area (Å²) in [4.78, 5) is 2.16. The average molecular weight is 300 g/mol. The van der Waals surface area contributed by atoms with Gasteiger partial charge in [0.15, 0.2) is 0 Å². The van der Waals surface area contributed by atoms with Crippen LogP contribution in [0, 0.1) is 11.3 Å². The van der Waals surface area contributed by atoms with E-state index in [-0.39, 0.29) is 21.5 Å². The number of hydrogen-bond donors (Lipinski definition) is 1. The second-order valence-electron chi connectivity index (χ2n) is 4.62. The van der Waals surface area contributed by atoms with Crippen molar-refractivity contribution in [3.63, 3.8) is 0 Å². The van der Waals surface area contributed by atoms with Crippen molar-refractivity contribution in [1.29, 1.82) is 5.26 Å². The SMILES string of the molecule is CN1CCC(NS(=O)(=O)c2ccc(C#N)c(Cl)c2)C1. The van der Waals surface area contributed by atoms with Crippen LogP contribution in [-0.2, 0) is 10.0 Å². The van der Waals surface area contributed by atoms with Crippen LogP contribution in [0.3, 0.4) is 0 Å². The Hall–Kier alpha value is -1.13. The molecule has 1 aromatic carbocycles. The van der Waals surface area contributed by atoms with Gasteiger partial charge in [0.2, 0.25) is 10.0 Å². The first-order valence-electron chi connectivity index (χ1n) is 5.83. The van der Waals surface area contributed by atoms with E-state index in [4.69, 9.17) is 16.9 Å². The van der Waals surface area contributed by atoms with Gasteiger partial charge >= 0.3 is 0 Å². The Bertz CT molecular complexity index is 624. The third-order valence-corrected chi connectivity index (χ3v) is 4.92. The smallest absolute Gasteiger partial charge is 0.240 e. The number of rotatable bonds is 3. The van der Waals surface area contributed by atoms with Gasteiger partial charge < -0.3 is 4.90 Å². The first-order valence-corrected chi connectivity index (χ1v) is 7.69. The van der Waals surface area contributed by atoms with Crippen molar-refractivity contribution in [2.45, 2.75) is 17.4 Å². The lowest BCUT2D eigenvalue weighted by Crippen LogP contribution is -2.36. The van der Waals surface area contributed by atoms with E-state index < -0.39 is 10.0 Å². The van der Waals surface area contributed by atoms with Gasteiger partial charge in [-0.05, 0) is 38.2 Å². The highest BCUT2D eigenvalue weighted by atomic mass is 35.5. The molecule has 1 aliphatic heterocycles. The minimum atomic E-state index is -3.59. The van der Waals surface area contributed by atoms with E-state index in [0.717, 1.165) is 13.0 Å². The van der Waals surface area contributed by atoms with E-state index in [1.807, 2.05) is 13.1 Å². The predicted molar refractivity (Wildman–Crippen MR) is 72.4 cm³/mol. The summed E-state index contributed by atoms with van der Waals surface area (Å²) >= 11 is 5.85. The number of benzene rings is 1. The quantitative estimate of drug-likeness (QED) is 0.910. The third-order valence-electron chi connectivity index (χ3n) is 3.08. The van der Waals surface area contributed by atoms with Crippen LogP contribution in [0.5, 0.6) is 0 Å². The summed E-state index contributed by atoms with van der Waals surface area (Å²) < 4.78 is 27.0. The minimum absolute atomic E-state index is 0.0792. The Morgan fingerprint density at radius 2 is 2.26 bits per heavy atom. The number of hydrogen-bond acceptors (Lipinski definition) is 4. The van der Waals surface area contributed by atoms with Crippen LogP contribution in [0.15, 0.2) is 23.1 Å². The summed E-state index contributed by atoms with van der Waals surface area (Å²) in [6.45, 7) is 1.57. The molecule has 1 aromatic rings. The molecule has 0 spiro atoms. The summed E-state index contributed by atoms with van der Waals surface area (Å²) in [5, 5.41) is 8.91. The Balaban J connectivity index is 2.20. The monoisotopic (exact) mass is 299 g/mol. The highest BCUT2D eigenvalue weighted by Gasteiger charge is 2.25. The average Bonchev–Trinajstić information content (AvgIpc) is 2.73. The van der Waals surface area contributed by atoms with E-state index in [1.165, 1.54) is 18.2 Å². The maximum absolute atomic E-state index is 12.2. The van der Waals surface area contributed by atoms with E-state index in [2.05, 4.69) is 9.62 Å². The summed E-state index contributed by atoms with van der Waals surface area (Å²) in [5.74, 6) is 0. The molecule has 0 aromatic heterocycles. The van der Waals surface area contributed by atoms with Gasteiger partial charge in [0.1, 0.15) is 6.07 Å². The molecule has 1 saturated heterocycles. The molecule has 2 rings (SSSR count). The molecule has 0 saturated carbocycles. The van der Waals surface area contributed by atoms with E-state index in [9.17, 15) is 8.42 Å². The van der Waals surface area contributed by atoms with Gasteiger partial charge in [0.05, 0.1) is 15.5 Å². The van der Waals surface area contributed by atoms with Crippen LogP contribution in [0.2, 0.25) is 5.02 Å². The molecule has 0 aliphatic carbocycles. The molecule has 1 heterocycles. The Labute approximate surface area is 117 Å². The van der Waals surface area contributed by atoms with E-state index >= 15 is 0 Å². The van der Waals surface area contributed by atoms with Gasteiger partial charge in [-0.25, -0.2) is 13.1 Å².